The Morgan fingerprint density at radius 1 is 0.432 bits per heavy atom. The summed E-state index contributed by atoms with van der Waals surface area (Å²) in [6.07, 6.45) is 0.968. The van der Waals surface area contributed by atoms with Gasteiger partial charge in [-0.15, -0.1) is 0 Å². The molecule has 7 aromatic carbocycles. The Morgan fingerprint density at radius 2 is 0.955 bits per heavy atom. The molecule has 206 valence electrons. The fourth-order valence-electron chi connectivity index (χ4n) is 7.51. The fraction of sp³-hybridized carbons (Fsp3) is 0.0465. The third-order valence-electron chi connectivity index (χ3n) is 9.38. The topological polar surface area (TPSA) is 12.9 Å². The maximum Gasteiger partial charge on any atom is 0.0718 e. The molecule has 0 radical (unpaired) electrons. The van der Waals surface area contributed by atoms with E-state index in [-0.39, 0.29) is 0 Å². The average Bonchev–Trinajstić information content (AvgIpc) is 3.42. The zero-order chi connectivity index (χ0) is 29.2. The van der Waals surface area contributed by atoms with Gasteiger partial charge in [-0.2, -0.15) is 0 Å². The van der Waals surface area contributed by atoms with Crippen LogP contribution in [0.5, 0.6) is 0 Å². The molecule has 9 rings (SSSR count). The van der Waals surface area contributed by atoms with Crippen LogP contribution in [0, 0.1) is 0 Å². The van der Waals surface area contributed by atoms with Gasteiger partial charge in [0.1, 0.15) is 0 Å². The standard InChI is InChI=1S/C43H29N/c1-2-27-26-38(44-37-23-12-11-18-30(27)37)31-24-25-36-41-32(31)21-13-22-35(41)42-39(28-14-5-3-6-15-28)33-19-9-10-20-34(33)40(43(36)42)29-16-7-4-8-17-29/h3-26H,2H2,1H3. The summed E-state index contributed by atoms with van der Waals surface area (Å²) in [4.78, 5) is 5.21. The molecule has 0 amide bonds. The highest BCUT2D eigenvalue weighted by molar-refractivity contribution is 6.28. The van der Waals surface area contributed by atoms with Crippen molar-refractivity contribution >= 4 is 32.4 Å². The van der Waals surface area contributed by atoms with Gasteiger partial charge in [0, 0.05) is 10.9 Å². The summed E-state index contributed by atoms with van der Waals surface area (Å²) < 4.78 is 0. The number of para-hydroxylation sites is 1. The van der Waals surface area contributed by atoms with Crippen LogP contribution in [0.1, 0.15) is 12.5 Å². The van der Waals surface area contributed by atoms with Gasteiger partial charge in [-0.05, 0) is 90.2 Å². The van der Waals surface area contributed by atoms with E-state index in [1.54, 1.807) is 0 Å². The van der Waals surface area contributed by atoms with E-state index in [0.717, 1.165) is 17.6 Å². The summed E-state index contributed by atoms with van der Waals surface area (Å²) in [6.45, 7) is 2.23. The second-order valence-electron chi connectivity index (χ2n) is 11.7. The van der Waals surface area contributed by atoms with Gasteiger partial charge in [0.2, 0.25) is 0 Å². The van der Waals surface area contributed by atoms with Gasteiger partial charge in [0.25, 0.3) is 0 Å². The molecule has 0 saturated carbocycles. The molecule has 0 fully saturated rings. The zero-order valence-electron chi connectivity index (χ0n) is 24.5. The van der Waals surface area contributed by atoms with Crippen LogP contribution >= 0.6 is 0 Å². The Kier molecular flexibility index (Phi) is 5.55. The molecule has 0 unspecified atom stereocenters. The lowest BCUT2D eigenvalue weighted by molar-refractivity contribution is 1.15. The minimum absolute atomic E-state index is 0.968. The highest BCUT2D eigenvalue weighted by atomic mass is 14.7. The molecule has 0 N–H and O–H groups in total. The molecule has 0 bridgehead atoms. The van der Waals surface area contributed by atoms with E-state index < -0.39 is 0 Å². The molecule has 44 heavy (non-hydrogen) atoms. The third kappa shape index (κ3) is 3.56. The van der Waals surface area contributed by atoms with E-state index >= 15 is 0 Å². The lowest BCUT2D eigenvalue weighted by Crippen LogP contribution is -1.93. The minimum Gasteiger partial charge on any atom is -0.248 e. The van der Waals surface area contributed by atoms with Gasteiger partial charge in [0.15, 0.2) is 0 Å². The molecule has 0 atom stereocenters. The third-order valence-corrected chi connectivity index (χ3v) is 9.38. The second-order valence-corrected chi connectivity index (χ2v) is 11.7. The number of aryl methyl sites for hydroxylation is 1. The molecular formula is C43H29N. The Hall–Kier alpha value is -5.53. The van der Waals surface area contributed by atoms with Crippen molar-refractivity contribution in [3.63, 3.8) is 0 Å². The molecular weight excluding hydrogens is 530 g/mol. The number of rotatable bonds is 4. The van der Waals surface area contributed by atoms with Crippen LogP contribution in [-0.2, 0) is 6.42 Å². The molecule has 1 heteroatoms. The van der Waals surface area contributed by atoms with E-state index in [4.69, 9.17) is 4.98 Å². The summed E-state index contributed by atoms with van der Waals surface area (Å²) in [7, 11) is 0. The first-order valence-corrected chi connectivity index (χ1v) is 15.5. The van der Waals surface area contributed by atoms with Gasteiger partial charge in [-0.3, -0.25) is 0 Å². The lowest BCUT2D eigenvalue weighted by Gasteiger charge is -2.20. The number of pyridine rings is 1. The normalized spacial score (nSPS) is 11.8. The molecule has 1 nitrogen and oxygen atoms in total. The second kappa shape index (κ2) is 9.76. The average molecular weight is 560 g/mol. The molecule has 1 heterocycles. The maximum absolute atomic E-state index is 5.21. The van der Waals surface area contributed by atoms with Gasteiger partial charge in [-0.1, -0.05) is 140 Å². The van der Waals surface area contributed by atoms with E-state index in [9.17, 15) is 0 Å². The SMILES string of the molecule is CCc1cc(-c2ccc3c4c(cccc24)-c2c-3c(-c3ccccc3)c3ccccc3c2-c2ccccc2)nc2ccccc12. The molecule has 8 aromatic rings. The van der Waals surface area contributed by atoms with Gasteiger partial charge in [-0.25, -0.2) is 4.98 Å². The van der Waals surface area contributed by atoms with Gasteiger partial charge < -0.3 is 0 Å². The van der Waals surface area contributed by atoms with Crippen molar-refractivity contribution in [1.29, 1.82) is 0 Å². The van der Waals surface area contributed by atoms with Crippen molar-refractivity contribution < 1.29 is 0 Å². The highest BCUT2D eigenvalue weighted by Crippen LogP contribution is 2.58. The van der Waals surface area contributed by atoms with Crippen LogP contribution in [0.2, 0.25) is 0 Å². The van der Waals surface area contributed by atoms with Crippen LogP contribution in [0.4, 0.5) is 0 Å². The number of nitrogens with zero attached hydrogens (tertiary/aromatic N) is 1. The first-order chi connectivity index (χ1) is 21.8. The number of benzene rings is 7. The van der Waals surface area contributed by atoms with E-state index in [1.165, 1.54) is 82.6 Å². The predicted octanol–water partition coefficient (Wildman–Crippen LogP) is 11.8. The molecule has 1 aliphatic carbocycles. The van der Waals surface area contributed by atoms with Crippen molar-refractivity contribution in [1.82, 2.24) is 4.98 Å². The van der Waals surface area contributed by atoms with Crippen LogP contribution in [0.25, 0.3) is 88.2 Å². The van der Waals surface area contributed by atoms with E-state index in [2.05, 4.69) is 153 Å². The molecule has 0 saturated heterocycles. The van der Waals surface area contributed by atoms with Crippen molar-refractivity contribution in [2.24, 2.45) is 0 Å². The summed E-state index contributed by atoms with van der Waals surface area (Å²) in [5.74, 6) is 0. The molecule has 0 spiro atoms. The van der Waals surface area contributed by atoms with Crippen molar-refractivity contribution in [3.8, 4) is 55.8 Å². The quantitative estimate of drug-likeness (QED) is 0.209. The first-order valence-electron chi connectivity index (χ1n) is 15.5. The summed E-state index contributed by atoms with van der Waals surface area (Å²) in [6, 6.07) is 53.1. The predicted molar refractivity (Wildman–Crippen MR) is 187 cm³/mol. The Bertz CT molecular complexity index is 2310. The van der Waals surface area contributed by atoms with Crippen molar-refractivity contribution in [3.05, 3.63) is 151 Å². The number of hydrogen-bond acceptors (Lipinski definition) is 1. The fourth-order valence-corrected chi connectivity index (χ4v) is 7.51. The molecule has 1 aliphatic rings. The monoisotopic (exact) mass is 559 g/mol. The lowest BCUT2D eigenvalue weighted by atomic mass is 9.82. The molecule has 1 aromatic heterocycles. The summed E-state index contributed by atoms with van der Waals surface area (Å²) in [5.41, 5.74) is 15.0. The largest absolute Gasteiger partial charge is 0.248 e. The molecule has 0 aliphatic heterocycles. The Labute approximate surface area is 257 Å². The minimum atomic E-state index is 0.968. The Balaban J connectivity index is 1.43. The van der Waals surface area contributed by atoms with E-state index in [0.29, 0.717) is 0 Å². The maximum atomic E-state index is 5.21. The smallest absolute Gasteiger partial charge is 0.0718 e. The Morgan fingerprint density at radius 3 is 1.59 bits per heavy atom. The number of aromatic nitrogens is 1. The van der Waals surface area contributed by atoms with Crippen LogP contribution in [-0.4, -0.2) is 4.98 Å². The zero-order valence-corrected chi connectivity index (χ0v) is 24.5. The van der Waals surface area contributed by atoms with E-state index in [1.807, 2.05) is 0 Å². The van der Waals surface area contributed by atoms with Gasteiger partial charge >= 0.3 is 0 Å². The number of hydrogen-bond donors (Lipinski definition) is 0. The van der Waals surface area contributed by atoms with Crippen LogP contribution in [0.15, 0.2) is 146 Å². The summed E-state index contributed by atoms with van der Waals surface area (Å²) >= 11 is 0. The van der Waals surface area contributed by atoms with Crippen molar-refractivity contribution in [2.45, 2.75) is 13.3 Å². The van der Waals surface area contributed by atoms with Crippen LogP contribution < -0.4 is 0 Å². The number of fused-ring (bicyclic) bond motifs is 5. The first kappa shape index (κ1) is 25.0. The summed E-state index contributed by atoms with van der Waals surface area (Å²) in [5, 5.41) is 6.37. The highest BCUT2D eigenvalue weighted by Gasteiger charge is 2.31. The van der Waals surface area contributed by atoms with Crippen molar-refractivity contribution in [2.75, 3.05) is 0 Å². The van der Waals surface area contributed by atoms with Gasteiger partial charge in [0.05, 0.1) is 11.2 Å². The van der Waals surface area contributed by atoms with Crippen LogP contribution in [0.3, 0.4) is 0 Å².